The molecule has 1 aliphatic rings. The second-order valence-electron chi connectivity index (χ2n) is 16.9. The minimum Gasteiger partial charge on any atom is -0.494 e. The van der Waals surface area contributed by atoms with E-state index >= 15 is 0 Å². The van der Waals surface area contributed by atoms with Crippen LogP contribution in [0, 0.1) is 0 Å². The third kappa shape index (κ3) is 27.5. The lowest BCUT2D eigenvalue weighted by atomic mass is 10.0. The fraction of sp³-hybridized carbons (Fsp3) is 0.523. The molecule has 0 radical (unpaired) electrons. The normalized spacial score (nSPS) is 14.2. The van der Waals surface area contributed by atoms with E-state index in [4.69, 9.17) is 67.8 Å². The van der Waals surface area contributed by atoms with Crippen molar-refractivity contribution in [3.8, 4) is 5.75 Å². The van der Waals surface area contributed by atoms with Crippen molar-refractivity contribution in [2.75, 3.05) is 39.3 Å². The standard InChI is InChI=1S/C44H74N22O9S/c45-33(68)26(7-1-17-56-39(46)47)62-35(70)28(9-3-19-58-41(50)51)64-37(72)30(11-5-21-60-43(54)55)65-36(71)29(10-4-20-59-42(52)53)63-34(69)27(8-2-18-57-40(48)49)61-32(67)12-6-22-75-25-15-13-24(14-16-25)23-31-38(73)66-44(74)76-31/h13-16,23,26-30H,1-12,17-22H2,(H2,45,68)(H,61,67)(H,62,70)(H,63,69)(H,64,72)(H,65,71)(H4,46,47,56)(H4,48,49,57)(H4,50,51,58)(H4,52,53,59)(H4,54,55,60)(H,66,73,74)/b31-23-/t26-,27-,28-,29-,30-/m0/s1. The van der Waals surface area contributed by atoms with Crippen LogP contribution in [0.3, 0.4) is 0 Å². The maximum absolute atomic E-state index is 14.3. The van der Waals surface area contributed by atoms with Crippen molar-refractivity contribution >= 4 is 94.2 Å². The number of carbonyl (C=O) groups excluding carboxylic acids is 8. The zero-order valence-corrected chi connectivity index (χ0v) is 43.0. The topological polar surface area (TPSA) is 566 Å². The molecule has 1 heterocycles. The zero-order valence-electron chi connectivity index (χ0n) is 42.2. The van der Waals surface area contributed by atoms with Crippen LogP contribution in [0.25, 0.3) is 6.08 Å². The average molecular weight is 1090 g/mol. The number of hydrogen-bond acceptors (Lipinski definition) is 15. The molecule has 0 aromatic heterocycles. The molecule has 76 heavy (non-hydrogen) atoms. The molecular formula is C44H74N22O9S. The first-order chi connectivity index (χ1) is 36.0. The molecule has 0 spiro atoms. The summed E-state index contributed by atoms with van der Waals surface area (Å²) < 4.78 is 5.78. The highest BCUT2D eigenvalue weighted by atomic mass is 32.2. The van der Waals surface area contributed by atoms with E-state index in [0.29, 0.717) is 11.3 Å². The molecule has 0 aliphatic carbocycles. The van der Waals surface area contributed by atoms with Gasteiger partial charge in [0.25, 0.3) is 11.1 Å². The molecule has 5 atom stereocenters. The van der Waals surface area contributed by atoms with E-state index in [1.165, 1.54) is 0 Å². The Morgan fingerprint density at radius 1 is 0.500 bits per heavy atom. The van der Waals surface area contributed by atoms with Gasteiger partial charge in [0.1, 0.15) is 36.0 Å². The van der Waals surface area contributed by atoms with Crippen LogP contribution in [0.5, 0.6) is 5.75 Å². The number of imide groups is 1. The van der Waals surface area contributed by atoms with Gasteiger partial charge in [-0.05, 0) is 106 Å². The van der Waals surface area contributed by atoms with Crippen LogP contribution in [0.4, 0.5) is 4.79 Å². The highest BCUT2D eigenvalue weighted by molar-refractivity contribution is 8.18. The summed E-state index contributed by atoms with van der Waals surface area (Å²) in [5, 5.41) is 15.0. The number of nitrogens with zero attached hydrogens (tertiary/aromatic N) is 5. The number of primary amides is 1. The van der Waals surface area contributed by atoms with Gasteiger partial charge >= 0.3 is 0 Å². The van der Waals surface area contributed by atoms with Gasteiger partial charge in [-0.2, -0.15) is 0 Å². The van der Waals surface area contributed by atoms with E-state index in [-0.39, 0.29) is 151 Å². The van der Waals surface area contributed by atoms with E-state index in [9.17, 15) is 38.4 Å². The van der Waals surface area contributed by atoms with E-state index in [0.717, 1.165) is 11.8 Å². The molecule has 0 bridgehead atoms. The Bertz CT molecular complexity index is 2310. The number of thioether (sulfide) groups is 1. The molecule has 28 N–H and O–H groups in total. The Morgan fingerprint density at radius 3 is 1.17 bits per heavy atom. The van der Waals surface area contributed by atoms with Crippen LogP contribution >= 0.6 is 11.8 Å². The average Bonchev–Trinajstić information content (AvgIpc) is 3.66. The molecule has 32 heteroatoms. The predicted octanol–water partition coefficient (Wildman–Crippen LogP) is -5.65. The summed E-state index contributed by atoms with van der Waals surface area (Å²) in [4.78, 5) is 125. The first-order valence-electron chi connectivity index (χ1n) is 24.1. The molecule has 8 amide bonds. The highest BCUT2D eigenvalue weighted by Crippen LogP contribution is 2.26. The number of nitrogens with one attached hydrogen (secondary N) is 6. The van der Waals surface area contributed by atoms with Crippen molar-refractivity contribution in [3.63, 3.8) is 0 Å². The van der Waals surface area contributed by atoms with Crippen LogP contribution in [0.1, 0.15) is 82.6 Å². The second-order valence-corrected chi connectivity index (χ2v) is 17.9. The summed E-state index contributed by atoms with van der Waals surface area (Å²) in [5.74, 6) is -5.65. The van der Waals surface area contributed by atoms with Gasteiger partial charge in [-0.15, -0.1) is 0 Å². The molecule has 420 valence electrons. The number of guanidine groups is 5. The number of ether oxygens (including phenoxy) is 1. The summed E-state index contributed by atoms with van der Waals surface area (Å²) in [6.45, 7) is 0.496. The number of amides is 8. The third-order valence-electron chi connectivity index (χ3n) is 10.6. The first-order valence-corrected chi connectivity index (χ1v) is 24.9. The molecule has 1 aromatic carbocycles. The second kappa shape index (κ2) is 34.8. The fourth-order valence-corrected chi connectivity index (χ4v) is 7.57. The molecule has 1 aromatic rings. The number of nitrogens with two attached hydrogens (primary N) is 11. The molecule has 2 rings (SSSR count). The fourth-order valence-electron chi connectivity index (χ4n) is 6.89. The van der Waals surface area contributed by atoms with Crippen molar-refractivity contribution in [3.05, 3.63) is 34.7 Å². The molecule has 1 aliphatic heterocycles. The van der Waals surface area contributed by atoms with E-state index in [1.54, 1.807) is 30.3 Å². The maximum atomic E-state index is 14.3. The Hall–Kier alpha value is -8.58. The minimum absolute atomic E-state index is 0.0271. The smallest absolute Gasteiger partial charge is 0.290 e. The first kappa shape index (κ1) is 63.5. The van der Waals surface area contributed by atoms with Crippen LogP contribution < -0.4 is 99.7 Å². The van der Waals surface area contributed by atoms with E-state index < -0.39 is 76.8 Å². The Labute approximate surface area is 443 Å². The molecule has 0 saturated carbocycles. The summed E-state index contributed by atoms with van der Waals surface area (Å²) in [6, 6.07) is 0.266. The summed E-state index contributed by atoms with van der Waals surface area (Å²) >= 11 is 0.794. The highest BCUT2D eigenvalue weighted by Gasteiger charge is 2.32. The number of aliphatic imine (C=N–C) groups is 5. The number of rotatable bonds is 36. The van der Waals surface area contributed by atoms with Crippen molar-refractivity contribution in [1.29, 1.82) is 0 Å². The monoisotopic (exact) mass is 1090 g/mol. The van der Waals surface area contributed by atoms with Gasteiger partial charge in [0.05, 0.1) is 11.5 Å². The molecule has 0 unspecified atom stereocenters. The van der Waals surface area contributed by atoms with Gasteiger partial charge in [-0.25, -0.2) is 0 Å². The lowest BCUT2D eigenvalue weighted by Crippen LogP contribution is -2.59. The van der Waals surface area contributed by atoms with Gasteiger partial charge in [-0.1, -0.05) is 12.1 Å². The SMILES string of the molecule is NC(=O)[C@H](CCCN=C(N)N)NC(=O)[C@H](CCCN=C(N)N)NC(=O)[C@H](CCCN=C(N)N)NC(=O)[C@H](CCCN=C(N)N)NC(=O)[C@H](CCCN=C(N)N)NC(=O)CCCOc1ccc(/C=C2\SC(=O)NC2=O)cc1. The van der Waals surface area contributed by atoms with Gasteiger partial charge in [0, 0.05) is 39.1 Å². The lowest BCUT2D eigenvalue weighted by Gasteiger charge is -2.27. The van der Waals surface area contributed by atoms with Gasteiger partial charge in [0.2, 0.25) is 35.4 Å². The minimum atomic E-state index is -1.38. The summed E-state index contributed by atoms with van der Waals surface area (Å²) in [6.07, 6.45) is 2.56. The number of carbonyl (C=O) groups is 8. The van der Waals surface area contributed by atoms with Crippen molar-refractivity contribution in [2.45, 2.75) is 107 Å². The van der Waals surface area contributed by atoms with Gasteiger partial charge < -0.3 is 94.4 Å². The van der Waals surface area contributed by atoms with E-state index in [1.807, 2.05) is 0 Å². The van der Waals surface area contributed by atoms with Crippen LogP contribution in [0.2, 0.25) is 0 Å². The predicted molar refractivity (Wildman–Crippen MR) is 289 cm³/mol. The largest absolute Gasteiger partial charge is 0.494 e. The maximum Gasteiger partial charge on any atom is 0.290 e. The Balaban J connectivity index is 2.35. The van der Waals surface area contributed by atoms with Gasteiger partial charge in [-0.3, -0.25) is 68.6 Å². The van der Waals surface area contributed by atoms with Gasteiger partial charge in [0.15, 0.2) is 29.8 Å². The lowest BCUT2D eigenvalue weighted by molar-refractivity contribution is -0.135. The molecule has 1 fully saturated rings. The van der Waals surface area contributed by atoms with E-state index in [2.05, 4.69) is 56.9 Å². The third-order valence-corrected chi connectivity index (χ3v) is 11.4. The zero-order chi connectivity index (χ0) is 56.6. The van der Waals surface area contributed by atoms with Crippen molar-refractivity contribution in [2.24, 2.45) is 88.0 Å². The Kier molecular flexibility index (Phi) is 29.1. The molecular weight excluding hydrogens is 1010 g/mol. The summed E-state index contributed by atoms with van der Waals surface area (Å²) in [7, 11) is 0. The Morgan fingerprint density at radius 2 is 0.842 bits per heavy atom. The summed E-state index contributed by atoms with van der Waals surface area (Å²) in [5.41, 5.74) is 61.1. The quantitative estimate of drug-likeness (QED) is 0.0129. The molecule has 31 nitrogen and oxygen atoms in total. The van der Waals surface area contributed by atoms with Crippen LogP contribution in [0.15, 0.2) is 54.1 Å². The number of benzene rings is 1. The molecule has 1 saturated heterocycles. The van der Waals surface area contributed by atoms with Crippen LogP contribution in [-0.4, -0.2) is 146 Å². The number of hydrogen-bond donors (Lipinski definition) is 17. The van der Waals surface area contributed by atoms with Crippen molar-refractivity contribution in [1.82, 2.24) is 31.9 Å². The van der Waals surface area contributed by atoms with Crippen molar-refractivity contribution < 1.29 is 43.1 Å². The van der Waals surface area contributed by atoms with Crippen LogP contribution in [-0.2, 0) is 33.6 Å².